The highest BCUT2D eigenvalue weighted by molar-refractivity contribution is 7.98. The maximum Gasteiger partial charge on any atom is 0.237 e. The van der Waals surface area contributed by atoms with Crippen molar-refractivity contribution in [2.24, 2.45) is 5.73 Å². The van der Waals surface area contributed by atoms with Crippen LogP contribution in [-0.2, 0) is 22.5 Å². The van der Waals surface area contributed by atoms with Gasteiger partial charge in [-0.3, -0.25) is 23.6 Å². The highest BCUT2D eigenvalue weighted by Gasteiger charge is 2.35. The average molecular weight is 657 g/mol. The van der Waals surface area contributed by atoms with Crippen LogP contribution in [0.25, 0.3) is 32.5 Å². The first kappa shape index (κ1) is 31.1. The van der Waals surface area contributed by atoms with Gasteiger partial charge in [-0.1, -0.05) is 25.1 Å². The number of aryl methyl sites for hydroxylation is 1. The maximum absolute atomic E-state index is 12.0. The number of nitrogens with zero attached hydrogens (tertiary/aromatic N) is 7. The van der Waals surface area contributed by atoms with Gasteiger partial charge in [-0.05, 0) is 56.5 Å². The topological polar surface area (TPSA) is 106 Å². The molecule has 0 radical (unpaired) electrons. The molecule has 1 amide bonds. The highest BCUT2D eigenvalue weighted by atomic mass is 32.2. The molecule has 7 rings (SSSR count). The number of benzene rings is 1. The predicted octanol–water partition coefficient (Wildman–Crippen LogP) is 5.04. The molecule has 0 saturated carbocycles. The number of piperazine rings is 1. The van der Waals surface area contributed by atoms with E-state index >= 15 is 0 Å². The molecule has 0 atom stereocenters. The second-order valence-electron chi connectivity index (χ2n) is 12.4. The quantitative estimate of drug-likeness (QED) is 0.234. The summed E-state index contributed by atoms with van der Waals surface area (Å²) < 4.78 is 9.10. The number of hydrogen-bond donors (Lipinski definition) is 1. The summed E-state index contributed by atoms with van der Waals surface area (Å²) in [7, 11) is 0. The predicted molar refractivity (Wildman–Crippen MR) is 186 cm³/mol. The van der Waals surface area contributed by atoms with Crippen molar-refractivity contribution in [2.75, 3.05) is 57.4 Å². The van der Waals surface area contributed by atoms with Crippen molar-refractivity contribution in [3.8, 4) is 11.4 Å². The lowest BCUT2D eigenvalue weighted by Crippen LogP contribution is -2.59. The Morgan fingerprint density at radius 2 is 1.78 bits per heavy atom. The van der Waals surface area contributed by atoms with Gasteiger partial charge in [0, 0.05) is 78.4 Å². The zero-order valence-electron chi connectivity index (χ0n) is 26.6. The van der Waals surface area contributed by atoms with E-state index in [9.17, 15) is 4.79 Å². The average Bonchev–Trinajstić information content (AvgIpc) is 3.65. The van der Waals surface area contributed by atoms with Crippen LogP contribution >= 0.6 is 23.3 Å². The minimum absolute atomic E-state index is 0.279. The number of ether oxygens (including phenoxy) is 1. The fourth-order valence-corrected chi connectivity index (χ4v) is 8.45. The van der Waals surface area contributed by atoms with Crippen LogP contribution in [0.3, 0.4) is 0 Å². The summed E-state index contributed by atoms with van der Waals surface area (Å²) in [5.41, 5.74) is 9.24. The molecule has 46 heavy (non-hydrogen) atoms. The molecule has 2 saturated heterocycles. The first-order chi connectivity index (χ1) is 22.3. The van der Waals surface area contributed by atoms with Gasteiger partial charge >= 0.3 is 0 Å². The van der Waals surface area contributed by atoms with Crippen molar-refractivity contribution in [3.63, 3.8) is 0 Å². The van der Waals surface area contributed by atoms with Crippen LogP contribution in [0.5, 0.6) is 0 Å². The summed E-state index contributed by atoms with van der Waals surface area (Å²) in [6, 6.07) is 14.9. The standard InChI is InChI=1S/C34H40N8O2S2/c1-4-23-18-26-27(20-36-21-29(26)42(23)46-24-8-6-5-7-9-24)31-37-28-19-25(45-30(28)32(38-31)40-14-16-44-17-15-40)22-39-10-12-41(13-11-39)34(2,3)33(35)43/h5-9,18-21H,4,10-17,22H2,1-3H3,(H2,35,43). The minimum atomic E-state index is -0.639. The van der Waals surface area contributed by atoms with E-state index in [0.717, 1.165) is 84.7 Å². The van der Waals surface area contributed by atoms with Crippen LogP contribution in [0.4, 0.5) is 5.82 Å². The third-order valence-electron chi connectivity index (χ3n) is 9.16. The molecule has 12 heteroatoms. The molecule has 2 aliphatic rings. The van der Waals surface area contributed by atoms with Gasteiger partial charge in [-0.25, -0.2) is 9.97 Å². The van der Waals surface area contributed by atoms with Gasteiger partial charge in [0.1, 0.15) is 0 Å². The van der Waals surface area contributed by atoms with Gasteiger partial charge < -0.3 is 15.4 Å². The highest BCUT2D eigenvalue weighted by Crippen LogP contribution is 2.38. The van der Waals surface area contributed by atoms with E-state index in [0.29, 0.717) is 19.0 Å². The van der Waals surface area contributed by atoms with Gasteiger partial charge in [0.15, 0.2) is 11.6 Å². The number of rotatable bonds is 9. The molecule has 2 fully saturated rings. The summed E-state index contributed by atoms with van der Waals surface area (Å²) in [5, 5.41) is 1.11. The molecule has 10 nitrogen and oxygen atoms in total. The zero-order valence-corrected chi connectivity index (χ0v) is 28.2. The first-order valence-electron chi connectivity index (χ1n) is 15.9. The number of fused-ring (bicyclic) bond motifs is 2. The van der Waals surface area contributed by atoms with Crippen LogP contribution < -0.4 is 10.6 Å². The summed E-state index contributed by atoms with van der Waals surface area (Å²) >= 11 is 3.50. The van der Waals surface area contributed by atoms with Gasteiger partial charge in [0.25, 0.3) is 0 Å². The van der Waals surface area contributed by atoms with Crippen molar-refractivity contribution < 1.29 is 9.53 Å². The number of primary amides is 1. The number of anilines is 1. The van der Waals surface area contributed by atoms with Crippen molar-refractivity contribution >= 4 is 56.1 Å². The van der Waals surface area contributed by atoms with Crippen LogP contribution in [0.2, 0.25) is 0 Å². The SMILES string of the molecule is CCc1cc2c(-c3nc(N4CCOCC4)c4sc(CN5CCN(C(C)(C)C(N)=O)CC5)cc4n3)cncc2n1Sc1ccccc1. The van der Waals surface area contributed by atoms with E-state index in [1.165, 1.54) is 15.5 Å². The maximum atomic E-state index is 12.0. The lowest BCUT2D eigenvalue weighted by molar-refractivity contribution is -0.129. The number of hydrogen-bond acceptors (Lipinski definition) is 10. The van der Waals surface area contributed by atoms with Crippen molar-refractivity contribution in [1.29, 1.82) is 0 Å². The molecule has 5 aromatic rings. The van der Waals surface area contributed by atoms with Gasteiger partial charge in [-0.15, -0.1) is 11.3 Å². The smallest absolute Gasteiger partial charge is 0.237 e. The molecule has 1 aromatic carbocycles. The first-order valence-corrected chi connectivity index (χ1v) is 17.5. The van der Waals surface area contributed by atoms with Crippen molar-refractivity contribution in [3.05, 3.63) is 65.4 Å². The number of carbonyl (C=O) groups is 1. The Morgan fingerprint density at radius 3 is 2.50 bits per heavy atom. The molecule has 2 N–H and O–H groups in total. The minimum Gasteiger partial charge on any atom is -0.378 e. The van der Waals surface area contributed by atoms with Crippen LogP contribution in [0.1, 0.15) is 31.3 Å². The Hall–Kier alpha value is -3.55. The lowest BCUT2D eigenvalue weighted by Gasteiger charge is -2.42. The largest absolute Gasteiger partial charge is 0.378 e. The molecule has 2 aliphatic heterocycles. The Kier molecular flexibility index (Phi) is 8.73. The van der Waals surface area contributed by atoms with Crippen molar-refractivity contribution in [2.45, 2.75) is 44.2 Å². The number of nitrogens with two attached hydrogens (primary N) is 1. The Morgan fingerprint density at radius 1 is 1.02 bits per heavy atom. The van der Waals surface area contributed by atoms with E-state index < -0.39 is 5.54 Å². The van der Waals surface area contributed by atoms with E-state index in [2.05, 4.69) is 62.0 Å². The lowest BCUT2D eigenvalue weighted by atomic mass is 10.0. The molecule has 0 unspecified atom stereocenters. The number of pyridine rings is 1. The normalized spacial score (nSPS) is 16.9. The third-order valence-corrected chi connectivity index (χ3v) is 11.4. The van der Waals surface area contributed by atoms with Crippen LogP contribution in [0.15, 0.2) is 59.8 Å². The fraction of sp³-hybridized carbons (Fsp3) is 0.412. The van der Waals surface area contributed by atoms with E-state index in [-0.39, 0.29) is 5.91 Å². The number of amides is 1. The Bertz CT molecular complexity index is 1860. The van der Waals surface area contributed by atoms with E-state index in [4.69, 9.17) is 25.4 Å². The molecule has 0 aliphatic carbocycles. The summed E-state index contributed by atoms with van der Waals surface area (Å²) in [6.07, 6.45) is 4.75. The molecule has 0 bridgehead atoms. The fourth-order valence-electron chi connectivity index (χ4n) is 6.26. The molecule has 0 spiro atoms. The van der Waals surface area contributed by atoms with Crippen molar-refractivity contribution in [1.82, 2.24) is 28.7 Å². The van der Waals surface area contributed by atoms with Gasteiger partial charge in [0.2, 0.25) is 5.91 Å². The van der Waals surface area contributed by atoms with Crippen LogP contribution in [0, 0.1) is 0 Å². The number of aromatic nitrogens is 4. The van der Waals surface area contributed by atoms with Gasteiger partial charge in [0.05, 0.1) is 40.7 Å². The molecular weight excluding hydrogens is 617 g/mol. The Labute approximate surface area is 277 Å². The summed E-state index contributed by atoms with van der Waals surface area (Å²) in [5.74, 6) is 1.39. The number of thiophene rings is 1. The third kappa shape index (κ3) is 6.00. The number of morpholine rings is 1. The van der Waals surface area contributed by atoms with Crippen LogP contribution in [-0.4, -0.2) is 92.7 Å². The molecule has 4 aromatic heterocycles. The Balaban J connectivity index is 1.24. The van der Waals surface area contributed by atoms with E-state index in [1.807, 2.05) is 32.3 Å². The molecule has 6 heterocycles. The second-order valence-corrected chi connectivity index (χ2v) is 14.5. The second kappa shape index (κ2) is 12.9. The zero-order chi connectivity index (χ0) is 31.8. The summed E-state index contributed by atoms with van der Waals surface area (Å²) in [4.78, 5) is 36.5. The number of carbonyl (C=O) groups excluding carboxylic acids is 1. The molecular formula is C34H40N8O2S2. The monoisotopic (exact) mass is 656 g/mol. The molecule has 240 valence electrons. The van der Waals surface area contributed by atoms with E-state index in [1.54, 1.807) is 23.3 Å². The van der Waals surface area contributed by atoms with Gasteiger partial charge in [-0.2, -0.15) is 0 Å². The summed E-state index contributed by atoms with van der Waals surface area (Å²) in [6.45, 7) is 13.2.